The maximum atomic E-state index is 12.7. The number of hydrogen-bond donors (Lipinski definition) is 2. The van der Waals surface area contributed by atoms with Crippen LogP contribution >= 0.6 is 0 Å². The second-order valence-corrected chi connectivity index (χ2v) is 9.48. The van der Waals surface area contributed by atoms with Crippen LogP contribution in [-0.4, -0.2) is 40.8 Å². The van der Waals surface area contributed by atoms with Crippen LogP contribution in [0.25, 0.3) is 4.91 Å². The number of rotatable bonds is 6. The van der Waals surface area contributed by atoms with E-state index in [1.54, 1.807) is 13.0 Å². The van der Waals surface area contributed by atoms with Crippen LogP contribution in [0.2, 0.25) is 0 Å². The standard InChI is InChI=1S/C23H28N4O3S/c1-15-6-9-19(12-16(15)2)22-17(3)23(26-31(22,29)30)25-14-21(28)24-13-18-7-10-20(11-8-18)27(4)5/h6-12H,13-14H2,1-5H3,(H,24,28)(H,25,26). The Kier molecular flexibility index (Phi) is 6.50. The van der Waals surface area contributed by atoms with Gasteiger partial charge in [0.05, 0.1) is 0 Å². The Bertz CT molecular complexity index is 1160. The van der Waals surface area contributed by atoms with Crippen LogP contribution in [0.15, 0.2) is 53.0 Å². The van der Waals surface area contributed by atoms with Gasteiger partial charge in [-0.2, -0.15) is 0 Å². The van der Waals surface area contributed by atoms with Gasteiger partial charge in [-0.1, -0.05) is 30.3 Å². The fraction of sp³-hybridized carbons (Fsp3) is 0.304. The van der Waals surface area contributed by atoms with Crippen molar-refractivity contribution >= 4 is 32.4 Å². The molecule has 2 N–H and O–H groups in total. The van der Waals surface area contributed by atoms with E-state index in [1.165, 1.54) is 0 Å². The lowest BCUT2D eigenvalue weighted by atomic mass is 10.0. The summed E-state index contributed by atoms with van der Waals surface area (Å²) in [6.45, 7) is 5.84. The molecule has 0 saturated carbocycles. The van der Waals surface area contributed by atoms with Crippen LogP contribution in [-0.2, 0) is 21.4 Å². The van der Waals surface area contributed by atoms with Crippen molar-refractivity contribution in [3.05, 3.63) is 70.3 Å². The molecule has 0 aromatic heterocycles. The van der Waals surface area contributed by atoms with Crippen molar-refractivity contribution in [2.24, 2.45) is 4.99 Å². The Hall–Kier alpha value is -3.13. The monoisotopic (exact) mass is 440 g/mol. The Morgan fingerprint density at radius 3 is 2.32 bits per heavy atom. The molecule has 0 aliphatic carbocycles. The summed E-state index contributed by atoms with van der Waals surface area (Å²) in [5.41, 5.74) is 5.28. The van der Waals surface area contributed by atoms with Crippen molar-refractivity contribution in [1.29, 1.82) is 0 Å². The molecule has 8 heteroatoms. The van der Waals surface area contributed by atoms with Crippen LogP contribution in [0.1, 0.15) is 29.2 Å². The molecular formula is C23H28N4O3S. The fourth-order valence-electron chi connectivity index (χ4n) is 3.29. The van der Waals surface area contributed by atoms with Crippen LogP contribution in [0.3, 0.4) is 0 Å². The van der Waals surface area contributed by atoms with Gasteiger partial charge in [0.2, 0.25) is 5.91 Å². The van der Waals surface area contributed by atoms with E-state index in [-0.39, 0.29) is 23.2 Å². The van der Waals surface area contributed by atoms with Crippen LogP contribution < -0.4 is 14.9 Å². The maximum Gasteiger partial charge on any atom is 0.264 e. The molecule has 31 heavy (non-hydrogen) atoms. The molecule has 0 fully saturated rings. The maximum absolute atomic E-state index is 12.7. The van der Waals surface area contributed by atoms with Crippen LogP contribution in [0, 0.1) is 13.8 Å². The molecule has 1 aliphatic heterocycles. The highest BCUT2D eigenvalue weighted by atomic mass is 32.2. The number of benzene rings is 2. The fourth-order valence-corrected chi connectivity index (χ4v) is 4.80. The number of nitrogens with one attached hydrogen (secondary N) is 2. The predicted octanol–water partition coefficient (Wildman–Crippen LogP) is 2.75. The van der Waals surface area contributed by atoms with Gasteiger partial charge < -0.3 is 10.2 Å². The van der Waals surface area contributed by atoms with Crippen molar-refractivity contribution in [1.82, 2.24) is 10.0 Å². The van der Waals surface area contributed by atoms with E-state index in [2.05, 4.69) is 15.0 Å². The molecular weight excluding hydrogens is 412 g/mol. The lowest BCUT2D eigenvalue weighted by molar-refractivity contribution is -0.119. The van der Waals surface area contributed by atoms with Crippen LogP contribution in [0.4, 0.5) is 5.69 Å². The quantitative estimate of drug-likeness (QED) is 0.723. The number of aliphatic imine (C=N–C) groups is 1. The molecule has 7 nitrogen and oxygen atoms in total. The molecule has 1 heterocycles. The van der Waals surface area contributed by atoms with E-state index < -0.39 is 10.0 Å². The molecule has 2 aromatic carbocycles. The second-order valence-electron chi connectivity index (χ2n) is 7.86. The number of hydrogen-bond acceptors (Lipinski definition) is 5. The average molecular weight is 441 g/mol. The third-order valence-corrected chi connectivity index (χ3v) is 6.83. The van der Waals surface area contributed by atoms with E-state index in [4.69, 9.17) is 0 Å². The van der Waals surface area contributed by atoms with Gasteiger partial charge in [0.15, 0.2) is 0 Å². The van der Waals surface area contributed by atoms with Gasteiger partial charge >= 0.3 is 0 Å². The van der Waals surface area contributed by atoms with E-state index in [0.717, 1.165) is 22.4 Å². The Morgan fingerprint density at radius 2 is 1.71 bits per heavy atom. The Balaban J connectivity index is 1.69. The molecule has 0 saturated heterocycles. The molecule has 0 atom stereocenters. The van der Waals surface area contributed by atoms with Gasteiger partial charge in [-0.25, -0.2) is 8.42 Å². The largest absolute Gasteiger partial charge is 0.378 e. The summed E-state index contributed by atoms with van der Waals surface area (Å²) in [5, 5.41) is 2.81. The SMILES string of the molecule is CC1=C(c2ccc(C)c(C)c2)S(=O)(=O)NC1=NCC(=O)NCc1ccc(N(C)C)cc1. The Morgan fingerprint density at radius 1 is 1.03 bits per heavy atom. The molecule has 1 amide bonds. The summed E-state index contributed by atoms with van der Waals surface area (Å²) >= 11 is 0. The second kappa shape index (κ2) is 8.93. The topological polar surface area (TPSA) is 90.9 Å². The van der Waals surface area contributed by atoms with Crippen LogP contribution in [0.5, 0.6) is 0 Å². The first kappa shape index (κ1) is 22.6. The molecule has 0 spiro atoms. The number of carbonyl (C=O) groups is 1. The van der Waals surface area contributed by atoms with Crippen molar-refractivity contribution in [2.75, 3.05) is 25.5 Å². The first-order chi connectivity index (χ1) is 14.6. The molecule has 0 unspecified atom stereocenters. The summed E-state index contributed by atoms with van der Waals surface area (Å²) in [6, 6.07) is 13.4. The van der Waals surface area contributed by atoms with Gasteiger partial charge in [0.25, 0.3) is 10.0 Å². The third kappa shape index (κ3) is 5.14. The average Bonchev–Trinajstić information content (AvgIpc) is 2.95. The zero-order chi connectivity index (χ0) is 22.8. The van der Waals surface area contributed by atoms with Crippen molar-refractivity contribution < 1.29 is 13.2 Å². The minimum absolute atomic E-state index is 0.162. The minimum Gasteiger partial charge on any atom is -0.378 e. The Labute approximate surface area is 183 Å². The summed E-state index contributed by atoms with van der Waals surface area (Å²) in [7, 11) is 0.215. The first-order valence-electron chi connectivity index (χ1n) is 9.97. The number of nitrogens with zero attached hydrogens (tertiary/aromatic N) is 2. The minimum atomic E-state index is -3.72. The predicted molar refractivity (Wildman–Crippen MR) is 125 cm³/mol. The van der Waals surface area contributed by atoms with E-state index >= 15 is 0 Å². The van der Waals surface area contributed by atoms with E-state index in [9.17, 15) is 13.2 Å². The highest BCUT2D eigenvalue weighted by Crippen LogP contribution is 2.30. The van der Waals surface area contributed by atoms with Gasteiger partial charge in [0.1, 0.15) is 17.3 Å². The van der Waals surface area contributed by atoms with E-state index in [0.29, 0.717) is 17.7 Å². The summed E-state index contributed by atoms with van der Waals surface area (Å²) < 4.78 is 27.8. The lowest BCUT2D eigenvalue weighted by Gasteiger charge is -2.12. The number of amides is 1. The number of sulfonamides is 1. The summed E-state index contributed by atoms with van der Waals surface area (Å²) in [5.74, 6) is -0.0745. The van der Waals surface area contributed by atoms with Gasteiger partial charge in [-0.05, 0) is 55.2 Å². The molecule has 0 radical (unpaired) electrons. The zero-order valence-corrected chi connectivity index (χ0v) is 19.3. The van der Waals surface area contributed by atoms with Gasteiger partial charge in [-0.3, -0.25) is 14.5 Å². The molecule has 2 aromatic rings. The third-order valence-electron chi connectivity index (χ3n) is 5.29. The number of carbonyl (C=O) groups excluding carboxylic acids is 1. The highest BCUT2D eigenvalue weighted by molar-refractivity contribution is 8.00. The highest BCUT2D eigenvalue weighted by Gasteiger charge is 2.32. The van der Waals surface area contributed by atoms with E-state index in [1.807, 2.05) is 69.2 Å². The summed E-state index contributed by atoms with van der Waals surface area (Å²) in [6.07, 6.45) is 0. The summed E-state index contributed by atoms with van der Waals surface area (Å²) in [4.78, 5) is 18.7. The molecule has 1 aliphatic rings. The zero-order valence-electron chi connectivity index (χ0n) is 18.5. The lowest BCUT2D eigenvalue weighted by Crippen LogP contribution is -2.28. The van der Waals surface area contributed by atoms with Gasteiger partial charge in [-0.15, -0.1) is 0 Å². The smallest absolute Gasteiger partial charge is 0.264 e. The van der Waals surface area contributed by atoms with Crippen molar-refractivity contribution in [3.63, 3.8) is 0 Å². The number of anilines is 1. The van der Waals surface area contributed by atoms with Crippen molar-refractivity contribution in [2.45, 2.75) is 27.3 Å². The molecule has 164 valence electrons. The van der Waals surface area contributed by atoms with Gasteiger partial charge in [0, 0.05) is 31.9 Å². The van der Waals surface area contributed by atoms with Crippen molar-refractivity contribution in [3.8, 4) is 0 Å². The number of amidine groups is 1. The molecule has 0 bridgehead atoms. The number of aryl methyl sites for hydroxylation is 2. The first-order valence-corrected chi connectivity index (χ1v) is 11.5. The normalized spacial score (nSPS) is 16.4. The molecule has 3 rings (SSSR count).